The van der Waals surface area contributed by atoms with Crippen molar-refractivity contribution in [2.45, 2.75) is 16.8 Å². The third kappa shape index (κ3) is 3.54. The predicted octanol–water partition coefficient (Wildman–Crippen LogP) is 3.70. The lowest BCUT2D eigenvalue weighted by atomic mass is 10.1. The van der Waals surface area contributed by atoms with Gasteiger partial charge in [-0.3, -0.25) is 9.89 Å². The minimum absolute atomic E-state index is 0.215. The monoisotopic (exact) mass is 324 g/mol. The van der Waals surface area contributed by atoms with Crippen LogP contribution in [0.2, 0.25) is 0 Å². The quantitative estimate of drug-likeness (QED) is 0.683. The number of hydrogen-bond acceptors (Lipinski definition) is 4. The number of aryl methyl sites for hydroxylation is 1. The van der Waals surface area contributed by atoms with Gasteiger partial charge in [-0.05, 0) is 31.2 Å². The van der Waals surface area contributed by atoms with Crippen molar-refractivity contribution >= 4 is 29.2 Å². The number of rotatable bonds is 4. The van der Waals surface area contributed by atoms with Gasteiger partial charge in [-0.2, -0.15) is 5.10 Å². The highest BCUT2D eigenvalue weighted by molar-refractivity contribution is 7.99. The van der Waals surface area contributed by atoms with Crippen LogP contribution in [0.1, 0.15) is 15.9 Å². The average Bonchev–Trinajstić information content (AvgIpc) is 2.89. The summed E-state index contributed by atoms with van der Waals surface area (Å²) in [4.78, 5) is 13.4. The largest absolute Gasteiger partial charge is 0.382 e. The molecule has 0 bridgehead atoms. The molecule has 5 nitrogen and oxygen atoms in total. The highest BCUT2D eigenvalue weighted by Crippen LogP contribution is 2.34. The average molecular weight is 324 g/mol. The van der Waals surface area contributed by atoms with Gasteiger partial charge in [0.15, 0.2) is 0 Å². The zero-order valence-electron chi connectivity index (χ0n) is 12.5. The summed E-state index contributed by atoms with van der Waals surface area (Å²) >= 11 is 1.44. The Kier molecular flexibility index (Phi) is 4.34. The lowest BCUT2D eigenvalue weighted by Gasteiger charge is -2.07. The maximum atomic E-state index is 12.4. The summed E-state index contributed by atoms with van der Waals surface area (Å²) in [6.07, 6.45) is 0. The van der Waals surface area contributed by atoms with Gasteiger partial charge >= 0.3 is 0 Å². The number of nitrogens with two attached hydrogens (primary N) is 1. The minimum Gasteiger partial charge on any atom is -0.382 e. The number of anilines is 2. The molecule has 0 aliphatic carbocycles. The maximum Gasteiger partial charge on any atom is 0.255 e. The first-order valence-electron chi connectivity index (χ1n) is 7.08. The number of aromatic nitrogens is 2. The van der Waals surface area contributed by atoms with Crippen LogP contribution in [-0.2, 0) is 0 Å². The molecular weight excluding hydrogens is 308 g/mol. The number of nitrogen functional groups attached to an aromatic ring is 1. The number of aromatic amines is 1. The summed E-state index contributed by atoms with van der Waals surface area (Å²) in [5.74, 6) is 0.122. The van der Waals surface area contributed by atoms with E-state index in [9.17, 15) is 4.79 Å². The Hall–Kier alpha value is -2.73. The van der Waals surface area contributed by atoms with E-state index in [4.69, 9.17) is 5.73 Å². The fraction of sp³-hybridized carbons (Fsp3) is 0.0588. The molecule has 6 heteroatoms. The summed E-state index contributed by atoms with van der Waals surface area (Å²) in [7, 11) is 0. The number of carbonyl (C=O) groups excluding carboxylic acids is 1. The highest BCUT2D eigenvalue weighted by atomic mass is 32.2. The predicted molar refractivity (Wildman–Crippen MR) is 92.7 cm³/mol. The van der Waals surface area contributed by atoms with Gasteiger partial charge in [-0.15, -0.1) is 0 Å². The Morgan fingerprint density at radius 3 is 2.52 bits per heavy atom. The molecule has 0 aliphatic heterocycles. The van der Waals surface area contributed by atoms with Crippen molar-refractivity contribution < 1.29 is 4.79 Å². The Bertz CT molecular complexity index is 812. The molecule has 116 valence electrons. The standard InChI is InChI=1S/C17H16N4OS/c1-11-7-9-12(10-8-11)16(22)19-14-15(18)20-21-17(14)23-13-5-3-2-4-6-13/h2-10H,1H3,(H,19,22)(H3,18,20,21). The number of hydrogen-bond donors (Lipinski definition) is 3. The molecule has 3 rings (SSSR count). The topological polar surface area (TPSA) is 83.8 Å². The number of carbonyl (C=O) groups is 1. The van der Waals surface area contributed by atoms with E-state index in [0.717, 1.165) is 10.5 Å². The van der Waals surface area contributed by atoms with E-state index in [2.05, 4.69) is 15.5 Å². The van der Waals surface area contributed by atoms with Crippen LogP contribution in [0.4, 0.5) is 11.5 Å². The first kappa shape index (κ1) is 15.2. The number of amides is 1. The SMILES string of the molecule is Cc1ccc(C(=O)Nc2c(Sc3ccccc3)n[nH]c2N)cc1. The van der Waals surface area contributed by atoms with Gasteiger partial charge < -0.3 is 11.1 Å². The second-order valence-corrected chi connectivity index (χ2v) is 6.11. The molecule has 0 fully saturated rings. The molecule has 0 radical (unpaired) electrons. The van der Waals surface area contributed by atoms with Crippen LogP contribution in [0.5, 0.6) is 0 Å². The summed E-state index contributed by atoms with van der Waals surface area (Å²) in [5.41, 5.74) is 8.08. The van der Waals surface area contributed by atoms with Gasteiger partial charge in [0.1, 0.15) is 16.5 Å². The second-order valence-electron chi connectivity index (χ2n) is 5.05. The zero-order chi connectivity index (χ0) is 16.2. The maximum absolute atomic E-state index is 12.4. The second kappa shape index (κ2) is 6.58. The van der Waals surface area contributed by atoms with E-state index >= 15 is 0 Å². The summed E-state index contributed by atoms with van der Waals surface area (Å²) in [6.45, 7) is 1.98. The van der Waals surface area contributed by atoms with Crippen molar-refractivity contribution in [1.29, 1.82) is 0 Å². The van der Waals surface area contributed by atoms with Crippen LogP contribution in [0.25, 0.3) is 0 Å². The van der Waals surface area contributed by atoms with Crippen LogP contribution in [0.3, 0.4) is 0 Å². The first-order chi connectivity index (χ1) is 11.1. The first-order valence-corrected chi connectivity index (χ1v) is 7.90. The minimum atomic E-state index is -0.215. The van der Waals surface area contributed by atoms with Crippen LogP contribution in [0, 0.1) is 6.92 Å². The molecule has 0 unspecified atom stereocenters. The van der Waals surface area contributed by atoms with Crippen molar-refractivity contribution in [3.63, 3.8) is 0 Å². The Morgan fingerprint density at radius 1 is 1.13 bits per heavy atom. The van der Waals surface area contributed by atoms with E-state index in [1.807, 2.05) is 49.4 Å². The molecule has 0 aliphatic rings. The van der Waals surface area contributed by atoms with Crippen molar-refractivity contribution in [2.75, 3.05) is 11.1 Å². The lowest BCUT2D eigenvalue weighted by molar-refractivity contribution is 0.102. The summed E-state index contributed by atoms with van der Waals surface area (Å²) < 4.78 is 0. The molecule has 1 heterocycles. The van der Waals surface area contributed by atoms with Gasteiger partial charge in [0.05, 0.1) is 0 Å². The zero-order valence-corrected chi connectivity index (χ0v) is 13.4. The van der Waals surface area contributed by atoms with Crippen LogP contribution in [0.15, 0.2) is 64.5 Å². The van der Waals surface area contributed by atoms with Crippen molar-refractivity contribution in [1.82, 2.24) is 10.2 Å². The van der Waals surface area contributed by atoms with Crippen molar-refractivity contribution in [3.05, 3.63) is 65.7 Å². The molecule has 1 aromatic heterocycles. The van der Waals surface area contributed by atoms with E-state index in [-0.39, 0.29) is 5.91 Å². The summed E-state index contributed by atoms with van der Waals surface area (Å²) in [5, 5.41) is 10.4. The summed E-state index contributed by atoms with van der Waals surface area (Å²) in [6, 6.07) is 17.1. The molecule has 0 atom stereocenters. The Labute approximate surface area is 138 Å². The molecular formula is C17H16N4OS. The van der Waals surface area contributed by atoms with Crippen molar-refractivity contribution in [2.24, 2.45) is 0 Å². The van der Waals surface area contributed by atoms with Gasteiger partial charge in [0.2, 0.25) is 0 Å². The van der Waals surface area contributed by atoms with E-state index in [1.54, 1.807) is 12.1 Å². The molecule has 3 aromatic rings. The van der Waals surface area contributed by atoms with E-state index < -0.39 is 0 Å². The van der Waals surface area contributed by atoms with Crippen LogP contribution in [-0.4, -0.2) is 16.1 Å². The van der Waals surface area contributed by atoms with E-state index in [1.165, 1.54) is 11.8 Å². The number of nitrogens with zero attached hydrogens (tertiary/aromatic N) is 1. The molecule has 1 amide bonds. The number of benzene rings is 2. The Balaban J connectivity index is 1.81. The molecule has 0 saturated heterocycles. The molecule has 23 heavy (non-hydrogen) atoms. The van der Waals surface area contributed by atoms with Gasteiger partial charge in [-0.1, -0.05) is 47.7 Å². The van der Waals surface area contributed by atoms with Crippen LogP contribution >= 0.6 is 11.8 Å². The van der Waals surface area contributed by atoms with Gasteiger partial charge in [-0.25, -0.2) is 0 Å². The van der Waals surface area contributed by atoms with Gasteiger partial charge in [0.25, 0.3) is 5.91 Å². The Morgan fingerprint density at radius 2 is 1.83 bits per heavy atom. The number of H-pyrrole nitrogens is 1. The van der Waals surface area contributed by atoms with Crippen molar-refractivity contribution in [3.8, 4) is 0 Å². The molecule has 4 N–H and O–H groups in total. The third-order valence-corrected chi connectivity index (χ3v) is 4.27. The fourth-order valence-electron chi connectivity index (χ4n) is 2.02. The normalized spacial score (nSPS) is 10.5. The highest BCUT2D eigenvalue weighted by Gasteiger charge is 2.16. The number of nitrogens with one attached hydrogen (secondary N) is 2. The fourth-order valence-corrected chi connectivity index (χ4v) is 2.89. The smallest absolute Gasteiger partial charge is 0.255 e. The van der Waals surface area contributed by atoms with E-state index in [0.29, 0.717) is 22.1 Å². The lowest BCUT2D eigenvalue weighted by Crippen LogP contribution is -2.13. The molecule has 0 spiro atoms. The molecule has 0 saturated carbocycles. The molecule has 2 aromatic carbocycles. The van der Waals surface area contributed by atoms with Crippen LogP contribution < -0.4 is 11.1 Å². The third-order valence-electron chi connectivity index (χ3n) is 3.27. The van der Waals surface area contributed by atoms with Gasteiger partial charge in [0, 0.05) is 10.5 Å².